The minimum absolute atomic E-state index is 0.317. The van der Waals surface area contributed by atoms with Gasteiger partial charge in [0, 0.05) is 17.7 Å². The molecule has 0 amide bonds. The quantitative estimate of drug-likeness (QED) is 0.109. The van der Waals surface area contributed by atoms with Gasteiger partial charge in [-0.05, 0) is 72.4 Å². The Kier molecular flexibility index (Phi) is 12.4. The molecule has 0 N–H and O–H groups in total. The minimum Gasteiger partial charge on any atom is -0.494 e. The Morgan fingerprint density at radius 2 is 1.18 bits per heavy atom. The Morgan fingerprint density at radius 1 is 0.640 bits per heavy atom. The molecule has 1 fully saturated rings. The first-order chi connectivity index (χ1) is 24.5. The van der Waals surface area contributed by atoms with Gasteiger partial charge in [0.15, 0.2) is 0 Å². The zero-order chi connectivity index (χ0) is 34.8. The highest BCUT2D eigenvalue weighted by Gasteiger charge is 2.57. The molecule has 0 saturated carbocycles. The summed E-state index contributed by atoms with van der Waals surface area (Å²) in [7, 11) is 1.66. The summed E-state index contributed by atoms with van der Waals surface area (Å²) in [6.45, 7) is 5.67. The van der Waals surface area contributed by atoms with Crippen LogP contribution in [0.1, 0.15) is 47.2 Å². The zero-order valence-corrected chi connectivity index (χ0v) is 29.6. The predicted octanol–water partition coefficient (Wildman–Crippen LogP) is 9.30. The van der Waals surface area contributed by atoms with Gasteiger partial charge in [0.2, 0.25) is 5.79 Å². The summed E-state index contributed by atoms with van der Waals surface area (Å²) >= 11 is 6.85. The lowest BCUT2D eigenvalue weighted by Gasteiger charge is -2.51. The molecule has 5 aromatic carbocycles. The van der Waals surface area contributed by atoms with Crippen LogP contribution in [0.15, 0.2) is 133 Å². The third kappa shape index (κ3) is 8.64. The third-order valence-corrected chi connectivity index (χ3v) is 9.41. The van der Waals surface area contributed by atoms with E-state index in [-0.39, 0.29) is 0 Å². The molecular weight excluding hydrogens is 648 g/mol. The standard InChI is InChI=1S/C43H45ClO6/c1-4-46-38-23-20-32(21-24-38)26-36-27-37(22-25-39(36)44)43(45-3)42(49-30-35-18-12-7-13-19-35)41(48-29-34-16-10-6-11-17-34)40(31(2)50-43)47-28-33-14-8-5-9-15-33/h5-25,27,31,40-42H,4,26,28-30H2,1-3H3/t31-,40-,41+,42-,43+/m1/s1. The first kappa shape index (κ1) is 35.8. The number of methoxy groups -OCH3 is 1. The van der Waals surface area contributed by atoms with E-state index in [4.69, 9.17) is 40.0 Å². The fraction of sp³-hybridized carbons (Fsp3) is 0.302. The Labute approximate surface area is 300 Å². The number of ether oxygens (including phenoxy) is 6. The Bertz CT molecular complexity index is 1750. The number of hydrogen-bond donors (Lipinski definition) is 0. The summed E-state index contributed by atoms with van der Waals surface area (Å²) in [4.78, 5) is 0. The van der Waals surface area contributed by atoms with E-state index in [2.05, 4.69) is 42.5 Å². The van der Waals surface area contributed by atoms with Crippen molar-refractivity contribution < 1.29 is 28.4 Å². The first-order valence-electron chi connectivity index (χ1n) is 17.2. The molecule has 50 heavy (non-hydrogen) atoms. The van der Waals surface area contributed by atoms with Gasteiger partial charge in [0.05, 0.1) is 32.5 Å². The molecule has 7 heteroatoms. The van der Waals surface area contributed by atoms with Crippen molar-refractivity contribution in [3.63, 3.8) is 0 Å². The number of benzene rings is 5. The molecule has 6 nitrogen and oxygen atoms in total. The van der Waals surface area contributed by atoms with Crippen molar-refractivity contribution in [1.82, 2.24) is 0 Å². The Morgan fingerprint density at radius 3 is 1.72 bits per heavy atom. The van der Waals surface area contributed by atoms with Gasteiger partial charge in [-0.1, -0.05) is 121 Å². The molecule has 1 saturated heterocycles. The van der Waals surface area contributed by atoms with Gasteiger partial charge in [-0.15, -0.1) is 0 Å². The highest BCUT2D eigenvalue weighted by Crippen LogP contribution is 2.44. The average Bonchev–Trinajstić information content (AvgIpc) is 3.16. The second-order valence-electron chi connectivity index (χ2n) is 12.5. The zero-order valence-electron chi connectivity index (χ0n) is 28.9. The van der Waals surface area contributed by atoms with Crippen molar-refractivity contribution in [3.8, 4) is 5.75 Å². The normalized spacial score (nSPS) is 21.9. The molecule has 1 aliphatic heterocycles. The van der Waals surface area contributed by atoms with Crippen molar-refractivity contribution in [1.29, 1.82) is 0 Å². The minimum atomic E-state index is -1.35. The topological polar surface area (TPSA) is 55.4 Å². The van der Waals surface area contributed by atoms with Crippen molar-refractivity contribution >= 4 is 11.6 Å². The van der Waals surface area contributed by atoms with E-state index in [0.29, 0.717) is 37.9 Å². The number of halogens is 1. The maximum Gasteiger partial charge on any atom is 0.224 e. The van der Waals surface area contributed by atoms with E-state index in [1.54, 1.807) is 7.11 Å². The van der Waals surface area contributed by atoms with Gasteiger partial charge >= 0.3 is 0 Å². The highest BCUT2D eigenvalue weighted by molar-refractivity contribution is 6.31. The van der Waals surface area contributed by atoms with Crippen molar-refractivity contribution in [2.75, 3.05) is 13.7 Å². The van der Waals surface area contributed by atoms with Gasteiger partial charge in [-0.2, -0.15) is 0 Å². The smallest absolute Gasteiger partial charge is 0.224 e. The summed E-state index contributed by atoms with van der Waals surface area (Å²) in [5.74, 6) is -0.511. The SMILES string of the molecule is CCOc1ccc(Cc2cc([C@]3(OC)O[C@H](C)[C@@H](OCc4ccccc4)[C@H](OCc4ccccc4)[C@H]3OCc3ccccc3)ccc2Cl)cc1. The van der Waals surface area contributed by atoms with E-state index in [0.717, 1.165) is 39.1 Å². The fourth-order valence-electron chi connectivity index (χ4n) is 6.51. The first-order valence-corrected chi connectivity index (χ1v) is 17.6. The predicted molar refractivity (Wildman–Crippen MR) is 196 cm³/mol. The van der Waals surface area contributed by atoms with Gasteiger partial charge in [0.25, 0.3) is 0 Å². The highest BCUT2D eigenvalue weighted by atomic mass is 35.5. The van der Waals surface area contributed by atoms with Crippen molar-refractivity contribution in [3.05, 3.63) is 172 Å². The maximum atomic E-state index is 6.97. The van der Waals surface area contributed by atoms with Gasteiger partial charge in [0.1, 0.15) is 24.1 Å². The number of rotatable bonds is 15. The van der Waals surface area contributed by atoms with Crippen molar-refractivity contribution in [2.24, 2.45) is 0 Å². The Hall–Kier alpha value is -4.01. The fourth-order valence-corrected chi connectivity index (χ4v) is 6.69. The van der Waals surface area contributed by atoms with Crippen LogP contribution in [-0.4, -0.2) is 38.1 Å². The van der Waals surface area contributed by atoms with Crippen LogP contribution in [0.4, 0.5) is 0 Å². The monoisotopic (exact) mass is 692 g/mol. The molecule has 0 bridgehead atoms. The van der Waals surface area contributed by atoms with Crippen LogP contribution < -0.4 is 4.74 Å². The Balaban J connectivity index is 1.38. The van der Waals surface area contributed by atoms with Crippen LogP contribution in [0.3, 0.4) is 0 Å². The van der Waals surface area contributed by atoms with Crippen LogP contribution in [0, 0.1) is 0 Å². The molecule has 1 aliphatic rings. The average molecular weight is 693 g/mol. The summed E-state index contributed by atoms with van der Waals surface area (Å²) in [5.41, 5.74) is 5.95. The molecule has 0 aliphatic carbocycles. The van der Waals surface area contributed by atoms with Crippen LogP contribution in [-0.2, 0) is 55.7 Å². The summed E-state index contributed by atoms with van der Waals surface area (Å²) in [6.07, 6.45) is -1.59. The van der Waals surface area contributed by atoms with Crippen molar-refractivity contribution in [2.45, 2.75) is 70.3 Å². The van der Waals surface area contributed by atoms with E-state index >= 15 is 0 Å². The molecule has 5 aromatic rings. The summed E-state index contributed by atoms with van der Waals surface area (Å²) in [5, 5.41) is 0.653. The second kappa shape index (κ2) is 17.3. The molecule has 6 rings (SSSR count). The molecule has 0 unspecified atom stereocenters. The van der Waals surface area contributed by atoms with Crippen LogP contribution in [0.25, 0.3) is 0 Å². The molecule has 0 spiro atoms. The van der Waals surface area contributed by atoms with Crippen LogP contribution in [0.2, 0.25) is 5.02 Å². The van der Waals surface area contributed by atoms with E-state index in [1.165, 1.54) is 0 Å². The largest absolute Gasteiger partial charge is 0.494 e. The second-order valence-corrected chi connectivity index (χ2v) is 12.9. The maximum absolute atomic E-state index is 6.97. The lowest BCUT2D eigenvalue weighted by Crippen LogP contribution is -2.64. The van der Waals surface area contributed by atoms with Gasteiger partial charge < -0.3 is 28.4 Å². The van der Waals surface area contributed by atoms with E-state index in [9.17, 15) is 0 Å². The van der Waals surface area contributed by atoms with Crippen LogP contribution >= 0.6 is 11.6 Å². The molecule has 1 heterocycles. The lowest BCUT2D eigenvalue weighted by atomic mass is 9.86. The molecule has 0 radical (unpaired) electrons. The molecule has 0 aromatic heterocycles. The third-order valence-electron chi connectivity index (χ3n) is 9.04. The molecule has 5 atom stereocenters. The van der Waals surface area contributed by atoms with E-state index in [1.807, 2.05) is 105 Å². The summed E-state index contributed by atoms with van der Waals surface area (Å²) < 4.78 is 39.5. The van der Waals surface area contributed by atoms with Gasteiger partial charge in [-0.25, -0.2) is 0 Å². The van der Waals surface area contributed by atoms with Gasteiger partial charge in [-0.3, -0.25) is 0 Å². The molecular formula is C43H45ClO6. The van der Waals surface area contributed by atoms with Crippen LogP contribution in [0.5, 0.6) is 5.75 Å². The van der Waals surface area contributed by atoms with E-state index < -0.39 is 30.2 Å². The molecule has 260 valence electrons. The number of hydrogen-bond acceptors (Lipinski definition) is 6. The summed E-state index contributed by atoms with van der Waals surface area (Å²) in [6, 6.07) is 44.4. The lowest BCUT2D eigenvalue weighted by molar-refractivity contribution is -0.379.